The summed E-state index contributed by atoms with van der Waals surface area (Å²) in [5.74, 6) is -0.182. The monoisotopic (exact) mass is 344 g/mol. The number of carbonyl (C=O) groups excluding carboxylic acids is 1. The first-order chi connectivity index (χ1) is 10.3. The zero-order valence-electron chi connectivity index (χ0n) is 12.2. The van der Waals surface area contributed by atoms with Gasteiger partial charge in [0.05, 0.1) is 16.7 Å². The van der Waals surface area contributed by atoms with Crippen molar-refractivity contribution in [3.8, 4) is 17.4 Å². The van der Waals surface area contributed by atoms with Crippen LogP contribution >= 0.6 is 23.2 Å². The highest BCUT2D eigenvalue weighted by atomic mass is 35.5. The number of aryl methyl sites for hydroxylation is 1. The minimum atomic E-state index is -0.532. The lowest BCUT2D eigenvalue weighted by Crippen LogP contribution is -2.07. The molecule has 0 bridgehead atoms. The predicted octanol–water partition coefficient (Wildman–Crippen LogP) is 3.71. The number of aromatic nitrogens is 2. The molecule has 0 radical (unpaired) electrons. The fraction of sp³-hybridized carbons (Fsp3) is 0.286. The fourth-order valence-electron chi connectivity index (χ4n) is 1.85. The Morgan fingerprint density at radius 3 is 2.68 bits per heavy atom. The molecule has 118 valence electrons. The van der Waals surface area contributed by atoms with E-state index in [2.05, 4.69) is 5.10 Å². The summed E-state index contributed by atoms with van der Waals surface area (Å²) in [5.41, 5.74) is 0.667. The number of nitrogens with zero attached hydrogens (tertiary/aromatic N) is 2. The lowest BCUT2D eigenvalue weighted by atomic mass is 10.2. The Bertz CT molecular complexity index is 728. The molecule has 0 saturated carbocycles. The zero-order chi connectivity index (χ0) is 16.4. The van der Waals surface area contributed by atoms with E-state index in [1.165, 1.54) is 16.8 Å². The highest BCUT2D eigenvalue weighted by Gasteiger charge is 2.22. The van der Waals surface area contributed by atoms with E-state index in [0.717, 1.165) is 0 Å². The molecule has 2 aromatic rings. The second-order valence-electron chi connectivity index (χ2n) is 4.46. The maximum absolute atomic E-state index is 11.8. The van der Waals surface area contributed by atoms with Crippen LogP contribution in [0.4, 0.5) is 0 Å². The standard InChI is InChI=1S/C14H14Cl2N2O4/c1-4-21-14(20)12-7(2)13(18(3)17-12)22-11-6-10(19)8(15)5-9(11)16/h5-6,19H,4H2,1-3H3. The highest BCUT2D eigenvalue weighted by molar-refractivity contribution is 6.36. The van der Waals surface area contributed by atoms with Crippen molar-refractivity contribution in [1.82, 2.24) is 9.78 Å². The van der Waals surface area contributed by atoms with Crippen molar-refractivity contribution in [3.63, 3.8) is 0 Å². The van der Waals surface area contributed by atoms with Crippen molar-refractivity contribution < 1.29 is 19.4 Å². The fourth-order valence-corrected chi connectivity index (χ4v) is 2.27. The number of aromatic hydroxyl groups is 1. The van der Waals surface area contributed by atoms with E-state index in [1.807, 2.05) is 0 Å². The van der Waals surface area contributed by atoms with Crippen molar-refractivity contribution in [3.05, 3.63) is 33.4 Å². The summed E-state index contributed by atoms with van der Waals surface area (Å²) in [6, 6.07) is 2.66. The van der Waals surface area contributed by atoms with Gasteiger partial charge in [0.2, 0.25) is 5.88 Å². The zero-order valence-corrected chi connectivity index (χ0v) is 13.7. The third-order valence-corrected chi connectivity index (χ3v) is 3.49. The molecule has 1 aromatic heterocycles. The van der Waals surface area contributed by atoms with Gasteiger partial charge in [-0.1, -0.05) is 23.2 Å². The Balaban J connectivity index is 2.39. The van der Waals surface area contributed by atoms with Gasteiger partial charge in [0.15, 0.2) is 11.4 Å². The average Bonchev–Trinajstić information content (AvgIpc) is 2.73. The van der Waals surface area contributed by atoms with E-state index in [-0.39, 0.29) is 33.8 Å². The molecule has 0 saturated heterocycles. The number of benzene rings is 1. The lowest BCUT2D eigenvalue weighted by Gasteiger charge is -2.09. The molecule has 0 spiro atoms. The summed E-state index contributed by atoms with van der Waals surface area (Å²) in [6.45, 7) is 3.64. The van der Waals surface area contributed by atoms with Crippen molar-refractivity contribution in [2.45, 2.75) is 13.8 Å². The van der Waals surface area contributed by atoms with E-state index < -0.39 is 5.97 Å². The molecule has 0 aliphatic rings. The van der Waals surface area contributed by atoms with Crippen LogP contribution in [-0.2, 0) is 11.8 Å². The largest absolute Gasteiger partial charge is 0.506 e. The van der Waals surface area contributed by atoms with Gasteiger partial charge in [-0.3, -0.25) is 0 Å². The Kier molecular flexibility index (Phi) is 4.83. The number of hydrogen-bond donors (Lipinski definition) is 1. The van der Waals surface area contributed by atoms with E-state index in [9.17, 15) is 9.90 Å². The van der Waals surface area contributed by atoms with Gasteiger partial charge in [0.25, 0.3) is 0 Å². The smallest absolute Gasteiger partial charge is 0.359 e. The predicted molar refractivity (Wildman–Crippen MR) is 82.1 cm³/mol. The Hall–Kier alpha value is -1.92. The number of phenolic OH excluding ortho intramolecular Hbond substituents is 1. The van der Waals surface area contributed by atoms with Crippen LogP contribution in [0.3, 0.4) is 0 Å². The Labute approximate surface area is 137 Å². The minimum absolute atomic E-state index is 0.117. The third kappa shape index (κ3) is 3.13. The van der Waals surface area contributed by atoms with Gasteiger partial charge in [-0.15, -0.1) is 0 Å². The first-order valence-electron chi connectivity index (χ1n) is 6.41. The maximum Gasteiger partial charge on any atom is 0.359 e. The Morgan fingerprint density at radius 2 is 2.05 bits per heavy atom. The molecule has 0 atom stereocenters. The van der Waals surface area contributed by atoms with Crippen LogP contribution in [0.25, 0.3) is 0 Å². The molecular formula is C14H14Cl2N2O4. The van der Waals surface area contributed by atoms with Crippen LogP contribution in [0, 0.1) is 6.92 Å². The SMILES string of the molecule is CCOC(=O)c1nn(C)c(Oc2cc(O)c(Cl)cc2Cl)c1C. The molecule has 0 unspecified atom stereocenters. The number of carbonyl (C=O) groups is 1. The minimum Gasteiger partial charge on any atom is -0.506 e. The van der Waals surface area contributed by atoms with Crippen LogP contribution in [0.15, 0.2) is 12.1 Å². The maximum atomic E-state index is 11.8. The number of esters is 1. The normalized spacial score (nSPS) is 10.6. The molecule has 1 aromatic carbocycles. The van der Waals surface area contributed by atoms with E-state index in [1.54, 1.807) is 20.9 Å². The van der Waals surface area contributed by atoms with Gasteiger partial charge in [0, 0.05) is 18.7 Å². The molecule has 1 heterocycles. The van der Waals surface area contributed by atoms with Gasteiger partial charge in [-0.2, -0.15) is 5.10 Å². The second-order valence-corrected chi connectivity index (χ2v) is 5.27. The molecule has 0 amide bonds. The summed E-state index contributed by atoms with van der Waals surface area (Å²) in [5, 5.41) is 14.1. The number of halogens is 2. The summed E-state index contributed by atoms with van der Waals surface area (Å²) < 4.78 is 12.0. The van der Waals surface area contributed by atoms with Crippen LogP contribution in [0.5, 0.6) is 17.4 Å². The first-order valence-corrected chi connectivity index (χ1v) is 7.17. The second kappa shape index (κ2) is 6.46. The Morgan fingerprint density at radius 1 is 1.36 bits per heavy atom. The molecule has 0 fully saturated rings. The topological polar surface area (TPSA) is 73.6 Å². The molecule has 6 nitrogen and oxygen atoms in total. The van der Waals surface area contributed by atoms with Gasteiger partial charge < -0.3 is 14.6 Å². The number of ether oxygens (including phenoxy) is 2. The molecule has 2 rings (SSSR count). The molecule has 22 heavy (non-hydrogen) atoms. The van der Waals surface area contributed by atoms with E-state index in [0.29, 0.717) is 11.4 Å². The summed E-state index contributed by atoms with van der Waals surface area (Å²) in [6.07, 6.45) is 0. The van der Waals surface area contributed by atoms with Crippen LogP contribution in [0.2, 0.25) is 10.0 Å². The van der Waals surface area contributed by atoms with Crippen LogP contribution in [0.1, 0.15) is 23.0 Å². The van der Waals surface area contributed by atoms with Crippen molar-refractivity contribution in [2.75, 3.05) is 6.61 Å². The number of hydrogen-bond acceptors (Lipinski definition) is 5. The number of rotatable bonds is 4. The van der Waals surface area contributed by atoms with Crippen molar-refractivity contribution >= 4 is 29.2 Å². The average molecular weight is 345 g/mol. The van der Waals surface area contributed by atoms with Gasteiger partial charge in [-0.05, 0) is 19.9 Å². The highest BCUT2D eigenvalue weighted by Crippen LogP contribution is 2.38. The van der Waals surface area contributed by atoms with Crippen molar-refractivity contribution in [2.24, 2.45) is 7.05 Å². The van der Waals surface area contributed by atoms with E-state index >= 15 is 0 Å². The first kappa shape index (κ1) is 16.5. The van der Waals surface area contributed by atoms with Crippen molar-refractivity contribution in [1.29, 1.82) is 0 Å². The lowest BCUT2D eigenvalue weighted by molar-refractivity contribution is 0.0517. The van der Waals surface area contributed by atoms with Gasteiger partial charge in [-0.25, -0.2) is 9.48 Å². The van der Waals surface area contributed by atoms with E-state index in [4.69, 9.17) is 32.7 Å². The van der Waals surface area contributed by atoms with Gasteiger partial charge in [0.1, 0.15) is 5.75 Å². The number of phenols is 1. The quantitative estimate of drug-likeness (QED) is 0.855. The molecule has 0 aliphatic heterocycles. The van der Waals surface area contributed by atoms with Crippen LogP contribution < -0.4 is 4.74 Å². The molecular weight excluding hydrogens is 331 g/mol. The molecule has 0 aliphatic carbocycles. The van der Waals surface area contributed by atoms with Crippen LogP contribution in [-0.4, -0.2) is 27.5 Å². The summed E-state index contributed by atoms with van der Waals surface area (Å²) >= 11 is 11.8. The molecule has 1 N–H and O–H groups in total. The summed E-state index contributed by atoms with van der Waals surface area (Å²) in [4.78, 5) is 11.8. The van der Waals surface area contributed by atoms with Gasteiger partial charge >= 0.3 is 5.97 Å². The third-order valence-electron chi connectivity index (χ3n) is 2.90. The molecule has 8 heteroatoms. The summed E-state index contributed by atoms with van der Waals surface area (Å²) in [7, 11) is 1.62.